The van der Waals surface area contributed by atoms with Gasteiger partial charge in [-0.15, -0.1) is 12.4 Å². The monoisotopic (exact) mass is 433 g/mol. The molecule has 0 N–H and O–H groups in total. The van der Waals surface area contributed by atoms with E-state index in [1.54, 1.807) is 23.1 Å². The average molecular weight is 434 g/mol. The van der Waals surface area contributed by atoms with Crippen molar-refractivity contribution in [2.75, 3.05) is 31.1 Å². The maximum Gasteiger partial charge on any atom is 0.252 e. The van der Waals surface area contributed by atoms with E-state index in [4.69, 9.17) is 0 Å². The lowest BCUT2D eigenvalue weighted by Gasteiger charge is -2.23. The lowest BCUT2D eigenvalue weighted by Crippen LogP contribution is -2.38. The van der Waals surface area contributed by atoms with Crippen LogP contribution in [-0.4, -0.2) is 42.0 Å². The summed E-state index contributed by atoms with van der Waals surface area (Å²) in [4.78, 5) is 21.3. The van der Waals surface area contributed by atoms with Gasteiger partial charge in [0.1, 0.15) is 11.3 Å². The fourth-order valence-corrected chi connectivity index (χ4v) is 3.93. The standard InChI is InChI=1S/C22H24FN3OS.ClH/c1-3-25(4-2)15-16-26(20(27)14-13-17-9-6-5-7-10-17)22-24-21-18(23)11-8-12-19(21)28-22;/h5-14H,3-4,15-16H2,1-2H3;1H. The molecule has 0 fully saturated rings. The number of nitrogens with zero attached hydrogens (tertiary/aromatic N) is 3. The summed E-state index contributed by atoms with van der Waals surface area (Å²) in [5, 5.41) is 0.523. The lowest BCUT2D eigenvalue weighted by molar-refractivity contribution is -0.114. The number of amides is 1. The van der Waals surface area contributed by atoms with Crippen LogP contribution in [0, 0.1) is 5.82 Å². The zero-order chi connectivity index (χ0) is 19.9. The topological polar surface area (TPSA) is 36.4 Å². The van der Waals surface area contributed by atoms with Gasteiger partial charge in [0.15, 0.2) is 5.13 Å². The maximum atomic E-state index is 14.1. The van der Waals surface area contributed by atoms with Crippen LogP contribution in [0.3, 0.4) is 0 Å². The molecule has 0 bridgehead atoms. The molecule has 0 aliphatic rings. The Morgan fingerprint density at radius 3 is 2.45 bits per heavy atom. The number of anilines is 1. The molecule has 0 saturated carbocycles. The lowest BCUT2D eigenvalue weighted by atomic mass is 10.2. The summed E-state index contributed by atoms with van der Waals surface area (Å²) in [6.45, 7) is 7.24. The molecule has 3 rings (SSSR count). The normalized spacial score (nSPS) is 11.2. The van der Waals surface area contributed by atoms with Crippen molar-refractivity contribution < 1.29 is 9.18 Å². The minimum absolute atomic E-state index is 0. The van der Waals surface area contributed by atoms with Gasteiger partial charge in [0, 0.05) is 19.2 Å². The molecule has 0 radical (unpaired) electrons. The molecule has 0 atom stereocenters. The molecule has 0 aliphatic carbocycles. The van der Waals surface area contributed by atoms with Crippen LogP contribution in [-0.2, 0) is 4.79 Å². The number of benzene rings is 2. The highest BCUT2D eigenvalue weighted by molar-refractivity contribution is 7.22. The van der Waals surface area contributed by atoms with Gasteiger partial charge in [0.2, 0.25) is 0 Å². The molecule has 29 heavy (non-hydrogen) atoms. The van der Waals surface area contributed by atoms with E-state index in [0.717, 1.165) is 29.9 Å². The number of thiazole rings is 1. The summed E-state index contributed by atoms with van der Waals surface area (Å²) >= 11 is 1.34. The fraction of sp³-hybridized carbons (Fsp3) is 0.273. The van der Waals surface area contributed by atoms with Crippen LogP contribution in [0.25, 0.3) is 16.3 Å². The summed E-state index contributed by atoms with van der Waals surface area (Å²) in [5.41, 5.74) is 1.27. The Balaban J connectivity index is 0.00000300. The second-order valence-electron chi connectivity index (χ2n) is 6.34. The number of halogens is 2. The Morgan fingerprint density at radius 2 is 1.79 bits per heavy atom. The first kappa shape index (κ1) is 23.0. The van der Waals surface area contributed by atoms with Crippen LogP contribution in [0.15, 0.2) is 54.6 Å². The zero-order valence-electron chi connectivity index (χ0n) is 16.5. The Kier molecular flexibility index (Phi) is 8.76. The summed E-state index contributed by atoms with van der Waals surface area (Å²) in [6, 6.07) is 14.6. The highest BCUT2D eigenvalue weighted by Gasteiger charge is 2.19. The van der Waals surface area contributed by atoms with Gasteiger partial charge < -0.3 is 4.90 Å². The number of fused-ring (bicyclic) bond motifs is 1. The molecule has 154 valence electrons. The van der Waals surface area contributed by atoms with Crippen LogP contribution in [0.5, 0.6) is 0 Å². The van der Waals surface area contributed by atoms with Crippen molar-refractivity contribution in [3.8, 4) is 0 Å². The molecule has 0 unspecified atom stereocenters. The molecule has 1 heterocycles. The molecule has 7 heteroatoms. The van der Waals surface area contributed by atoms with Crippen molar-refractivity contribution >= 4 is 51.1 Å². The molecular formula is C22H25ClFN3OS. The molecule has 0 spiro atoms. The largest absolute Gasteiger partial charge is 0.302 e. The van der Waals surface area contributed by atoms with Crippen molar-refractivity contribution in [3.05, 3.63) is 66.0 Å². The van der Waals surface area contributed by atoms with Gasteiger partial charge in [-0.2, -0.15) is 0 Å². The quantitative estimate of drug-likeness (QED) is 0.455. The minimum Gasteiger partial charge on any atom is -0.302 e. The molecule has 0 saturated heterocycles. The second kappa shape index (κ2) is 11.0. The second-order valence-corrected chi connectivity index (χ2v) is 7.35. The van der Waals surface area contributed by atoms with Gasteiger partial charge in [0.05, 0.1) is 4.70 Å². The van der Waals surface area contributed by atoms with Crippen LogP contribution in [0.2, 0.25) is 0 Å². The molecule has 0 aliphatic heterocycles. The molecule has 4 nitrogen and oxygen atoms in total. The highest BCUT2D eigenvalue weighted by Crippen LogP contribution is 2.30. The van der Waals surface area contributed by atoms with Crippen LogP contribution in [0.1, 0.15) is 19.4 Å². The average Bonchev–Trinajstić information content (AvgIpc) is 3.15. The Hall–Kier alpha value is -2.28. The predicted octanol–water partition coefficient (Wildman–Crippen LogP) is 5.25. The minimum atomic E-state index is -0.365. The number of aromatic nitrogens is 1. The van der Waals surface area contributed by atoms with Crippen molar-refractivity contribution in [2.24, 2.45) is 0 Å². The van der Waals surface area contributed by atoms with E-state index < -0.39 is 0 Å². The first-order valence-electron chi connectivity index (χ1n) is 9.44. The van der Waals surface area contributed by atoms with E-state index in [9.17, 15) is 9.18 Å². The maximum absolute atomic E-state index is 14.1. The molecule has 3 aromatic rings. The number of carbonyl (C=O) groups excluding carboxylic acids is 1. The van der Waals surface area contributed by atoms with E-state index in [0.29, 0.717) is 17.2 Å². The third kappa shape index (κ3) is 5.85. The third-order valence-electron chi connectivity index (χ3n) is 4.61. The van der Waals surface area contributed by atoms with Gasteiger partial charge in [-0.3, -0.25) is 9.69 Å². The highest BCUT2D eigenvalue weighted by atomic mass is 35.5. The van der Waals surface area contributed by atoms with Crippen LogP contribution in [0.4, 0.5) is 9.52 Å². The SMILES string of the molecule is CCN(CC)CCN(C(=O)C=Cc1ccccc1)c1nc2c(F)cccc2s1.Cl. The van der Waals surface area contributed by atoms with E-state index in [1.165, 1.54) is 17.4 Å². The van der Waals surface area contributed by atoms with Crippen LogP contribution >= 0.6 is 23.7 Å². The van der Waals surface area contributed by atoms with Crippen LogP contribution < -0.4 is 4.90 Å². The summed E-state index contributed by atoms with van der Waals surface area (Å²) in [7, 11) is 0. The van der Waals surface area contributed by atoms with Crippen molar-refractivity contribution in [3.63, 3.8) is 0 Å². The van der Waals surface area contributed by atoms with Crippen molar-refractivity contribution in [1.82, 2.24) is 9.88 Å². The Morgan fingerprint density at radius 1 is 1.07 bits per heavy atom. The number of carbonyl (C=O) groups is 1. The zero-order valence-corrected chi connectivity index (χ0v) is 18.2. The van der Waals surface area contributed by atoms with Gasteiger partial charge in [0.25, 0.3) is 5.91 Å². The van der Waals surface area contributed by atoms with Gasteiger partial charge in [-0.1, -0.05) is 61.6 Å². The number of likely N-dealkylation sites (N-methyl/N-ethyl adjacent to an activating group) is 1. The molecule has 2 aromatic carbocycles. The van der Waals surface area contributed by atoms with Gasteiger partial charge in [-0.25, -0.2) is 9.37 Å². The predicted molar refractivity (Wildman–Crippen MR) is 122 cm³/mol. The molecular weight excluding hydrogens is 409 g/mol. The number of hydrogen-bond donors (Lipinski definition) is 0. The van der Waals surface area contributed by atoms with E-state index >= 15 is 0 Å². The smallest absolute Gasteiger partial charge is 0.252 e. The van der Waals surface area contributed by atoms with Gasteiger partial charge in [-0.05, 0) is 36.9 Å². The fourth-order valence-electron chi connectivity index (χ4n) is 2.92. The number of hydrogen-bond acceptors (Lipinski definition) is 4. The molecule has 1 aromatic heterocycles. The van der Waals surface area contributed by atoms with Crippen molar-refractivity contribution in [2.45, 2.75) is 13.8 Å². The summed E-state index contributed by atoms with van der Waals surface area (Å²) < 4.78 is 14.8. The molecule has 1 amide bonds. The van der Waals surface area contributed by atoms with E-state index in [1.807, 2.05) is 36.4 Å². The van der Waals surface area contributed by atoms with Gasteiger partial charge >= 0.3 is 0 Å². The number of para-hydroxylation sites is 1. The first-order valence-corrected chi connectivity index (χ1v) is 10.3. The first-order chi connectivity index (χ1) is 13.6. The van der Waals surface area contributed by atoms with Crippen molar-refractivity contribution in [1.29, 1.82) is 0 Å². The summed E-state index contributed by atoms with van der Waals surface area (Å²) in [5.74, 6) is -0.522. The summed E-state index contributed by atoms with van der Waals surface area (Å²) in [6.07, 6.45) is 3.35. The number of rotatable bonds is 8. The van der Waals surface area contributed by atoms with E-state index in [2.05, 4.69) is 23.7 Å². The third-order valence-corrected chi connectivity index (χ3v) is 5.65. The Labute approximate surface area is 181 Å². The van der Waals surface area contributed by atoms with E-state index in [-0.39, 0.29) is 24.1 Å². The Bertz CT molecular complexity index is 957.